The summed E-state index contributed by atoms with van der Waals surface area (Å²) in [6.45, 7) is 7.13. The van der Waals surface area contributed by atoms with E-state index in [0.717, 1.165) is 23.0 Å². The van der Waals surface area contributed by atoms with Gasteiger partial charge < -0.3 is 0 Å². The molecule has 0 saturated heterocycles. The van der Waals surface area contributed by atoms with Crippen molar-refractivity contribution >= 4 is 30.6 Å². The van der Waals surface area contributed by atoms with Crippen molar-refractivity contribution in [3.8, 4) is 0 Å². The Hall–Kier alpha value is -2.32. The van der Waals surface area contributed by atoms with Crippen LogP contribution >= 0.6 is 7.26 Å². The molecule has 3 aromatic rings. The van der Waals surface area contributed by atoms with Gasteiger partial charge in [0.1, 0.15) is 0 Å². The molecule has 132 valence electrons. The number of nitrogens with zero attached hydrogens (tertiary/aromatic N) is 3. The molecule has 26 heavy (non-hydrogen) atoms. The molecule has 0 unspecified atom stereocenters. The van der Waals surface area contributed by atoms with Gasteiger partial charge in [-0.1, -0.05) is 0 Å². The van der Waals surface area contributed by atoms with Gasteiger partial charge in [0.05, 0.1) is 0 Å². The van der Waals surface area contributed by atoms with Crippen molar-refractivity contribution < 1.29 is 0 Å². The molecule has 0 aliphatic heterocycles. The van der Waals surface area contributed by atoms with Crippen molar-refractivity contribution in [2.75, 3.05) is 26.2 Å². The van der Waals surface area contributed by atoms with Gasteiger partial charge in [0, 0.05) is 0 Å². The zero-order valence-corrected chi connectivity index (χ0v) is 16.6. The summed E-state index contributed by atoms with van der Waals surface area (Å²) in [6.07, 6.45) is 9.00. The molecule has 0 bridgehead atoms. The van der Waals surface area contributed by atoms with Crippen LogP contribution in [0, 0.1) is 0 Å². The fourth-order valence-electron chi connectivity index (χ4n) is 2.88. The third-order valence-corrected chi connectivity index (χ3v) is 5.60. The predicted octanol–water partition coefficient (Wildman–Crippen LogP) is 2.74. The molecule has 3 rings (SSSR count). The molecule has 0 amide bonds. The first-order chi connectivity index (χ1) is 12.5. The second kappa shape index (κ2) is 8.38. The van der Waals surface area contributed by atoms with Crippen LogP contribution in [0.1, 0.15) is 5.69 Å². The third kappa shape index (κ3) is 4.86. The number of hydrogen-bond donors (Lipinski definition) is 0. The number of rotatable bonds is 6. The van der Waals surface area contributed by atoms with Gasteiger partial charge in [0.2, 0.25) is 0 Å². The Kier molecular flexibility index (Phi) is 5.95. The average molecular weight is 361 g/mol. The molecule has 5 heteroatoms. The SMILES string of the molecule is C[PH](C)(C)C/C=C(\B(c1ccccn1)c1ccccn1)c1ccccn1. The van der Waals surface area contributed by atoms with Crippen LogP contribution in [0.25, 0.3) is 5.47 Å². The fraction of sp³-hybridized carbons (Fsp3) is 0.190. The molecule has 0 saturated carbocycles. The van der Waals surface area contributed by atoms with Gasteiger partial charge in [-0.05, 0) is 0 Å². The Morgan fingerprint density at radius 1 is 0.808 bits per heavy atom. The molecular formula is C21H25BN3P. The number of hydrogen-bond acceptors (Lipinski definition) is 3. The Morgan fingerprint density at radius 2 is 1.35 bits per heavy atom. The normalized spacial score (nSPS) is 12.7. The zero-order chi connectivity index (χ0) is 18.4. The molecular weight excluding hydrogens is 336 g/mol. The predicted molar refractivity (Wildman–Crippen MR) is 117 cm³/mol. The Labute approximate surface area is 157 Å². The van der Waals surface area contributed by atoms with Gasteiger partial charge in [-0.25, -0.2) is 0 Å². The fourth-order valence-corrected chi connectivity index (χ4v) is 3.72. The van der Waals surface area contributed by atoms with E-state index >= 15 is 0 Å². The molecule has 0 atom stereocenters. The molecule has 0 spiro atoms. The van der Waals surface area contributed by atoms with Crippen LogP contribution in [-0.2, 0) is 0 Å². The first-order valence-corrected chi connectivity index (χ1v) is 12.7. The monoisotopic (exact) mass is 361 g/mol. The van der Waals surface area contributed by atoms with Crippen molar-refractivity contribution in [2.45, 2.75) is 0 Å². The number of aromatic nitrogens is 3. The summed E-state index contributed by atoms with van der Waals surface area (Å²) in [5.74, 6) is 0. The summed E-state index contributed by atoms with van der Waals surface area (Å²) in [7, 11) is -1.25. The molecule has 0 aliphatic rings. The van der Waals surface area contributed by atoms with Crippen molar-refractivity contribution in [2.24, 2.45) is 0 Å². The number of allylic oxidation sites excluding steroid dienone is 1. The van der Waals surface area contributed by atoms with E-state index in [4.69, 9.17) is 0 Å². The minimum atomic E-state index is -1.25. The van der Waals surface area contributed by atoms with Crippen molar-refractivity contribution in [1.29, 1.82) is 0 Å². The molecule has 3 heterocycles. The van der Waals surface area contributed by atoms with E-state index in [1.54, 1.807) is 0 Å². The van der Waals surface area contributed by atoms with Crippen LogP contribution in [0.3, 0.4) is 0 Å². The van der Waals surface area contributed by atoms with Crippen LogP contribution in [0.15, 0.2) is 79.3 Å². The van der Waals surface area contributed by atoms with Crippen molar-refractivity contribution in [3.63, 3.8) is 0 Å². The van der Waals surface area contributed by atoms with E-state index in [-0.39, 0.29) is 6.71 Å². The molecule has 0 aromatic carbocycles. The van der Waals surface area contributed by atoms with E-state index in [0.29, 0.717) is 0 Å². The van der Waals surface area contributed by atoms with Crippen molar-refractivity contribution in [3.05, 3.63) is 85.0 Å². The van der Waals surface area contributed by atoms with E-state index < -0.39 is 7.26 Å². The summed E-state index contributed by atoms with van der Waals surface area (Å²) in [5, 5.41) is 0. The molecule has 0 radical (unpaired) electrons. The molecule has 0 N–H and O–H groups in total. The standard InChI is InChI=1S/C21H25BN3P/c1-26(2,3)17-13-18(19-10-4-7-14-23-19)22(20-11-5-8-15-24-20)21-12-6-9-16-25-21/h4-16,26H,17H2,1-3H3/b18-13-. The Bertz CT molecular complexity index is 807. The molecule has 0 aliphatic carbocycles. The van der Waals surface area contributed by atoms with E-state index in [1.807, 2.05) is 55.0 Å². The molecule has 3 nitrogen and oxygen atoms in total. The van der Waals surface area contributed by atoms with Crippen LogP contribution in [0.4, 0.5) is 0 Å². The van der Waals surface area contributed by atoms with Crippen LogP contribution in [0.2, 0.25) is 0 Å². The zero-order valence-electron chi connectivity index (χ0n) is 15.6. The summed E-state index contributed by atoms with van der Waals surface area (Å²) in [4.78, 5) is 13.9. The van der Waals surface area contributed by atoms with Gasteiger partial charge >= 0.3 is 157 Å². The average Bonchev–Trinajstić information content (AvgIpc) is 2.66. The maximum atomic E-state index is 4.65. The van der Waals surface area contributed by atoms with Gasteiger partial charge in [-0.3, -0.25) is 0 Å². The second-order valence-corrected chi connectivity index (χ2v) is 13.1. The van der Waals surface area contributed by atoms with E-state index in [1.165, 1.54) is 5.47 Å². The summed E-state index contributed by atoms with van der Waals surface area (Å²) in [5.41, 5.74) is 4.18. The quantitative estimate of drug-likeness (QED) is 0.501. The van der Waals surface area contributed by atoms with Crippen LogP contribution in [0.5, 0.6) is 0 Å². The summed E-state index contributed by atoms with van der Waals surface area (Å²) < 4.78 is 0. The van der Waals surface area contributed by atoms with Crippen LogP contribution < -0.4 is 11.2 Å². The topological polar surface area (TPSA) is 38.7 Å². The molecule has 0 fully saturated rings. The number of pyridine rings is 3. The second-order valence-electron chi connectivity index (χ2n) is 7.58. The van der Waals surface area contributed by atoms with E-state index in [2.05, 4.69) is 59.2 Å². The molecule has 3 aromatic heterocycles. The van der Waals surface area contributed by atoms with Crippen molar-refractivity contribution in [1.82, 2.24) is 15.0 Å². The Balaban J connectivity index is 2.16. The first kappa shape index (κ1) is 18.5. The van der Waals surface area contributed by atoms with Gasteiger partial charge in [-0.15, -0.1) is 0 Å². The van der Waals surface area contributed by atoms with E-state index in [9.17, 15) is 0 Å². The summed E-state index contributed by atoms with van der Waals surface area (Å²) in [6, 6.07) is 18.2. The minimum absolute atomic E-state index is 0.0244. The van der Waals surface area contributed by atoms with Gasteiger partial charge in [0.15, 0.2) is 0 Å². The third-order valence-electron chi connectivity index (χ3n) is 4.17. The maximum absolute atomic E-state index is 4.65. The van der Waals surface area contributed by atoms with Gasteiger partial charge in [0.25, 0.3) is 0 Å². The summed E-state index contributed by atoms with van der Waals surface area (Å²) >= 11 is 0. The first-order valence-electron chi connectivity index (χ1n) is 8.98. The van der Waals surface area contributed by atoms with Crippen LogP contribution in [-0.4, -0.2) is 47.8 Å². The van der Waals surface area contributed by atoms with Gasteiger partial charge in [-0.2, -0.15) is 0 Å². The Morgan fingerprint density at radius 3 is 1.77 bits per heavy atom.